The number of rotatable bonds is 5. The maximum absolute atomic E-state index is 5.59. The summed E-state index contributed by atoms with van der Waals surface area (Å²) in [5, 5.41) is 0. The van der Waals surface area contributed by atoms with Crippen molar-refractivity contribution in [3.05, 3.63) is 0 Å². The molecular formula is C11H24N2O. The van der Waals surface area contributed by atoms with Gasteiger partial charge in [0, 0.05) is 26.2 Å². The molecule has 1 saturated heterocycles. The third-order valence-electron chi connectivity index (χ3n) is 3.28. The lowest BCUT2D eigenvalue weighted by Gasteiger charge is -2.34. The first kappa shape index (κ1) is 12.0. The Balaban J connectivity index is 2.21. The van der Waals surface area contributed by atoms with E-state index >= 15 is 0 Å². The summed E-state index contributed by atoms with van der Waals surface area (Å²) in [6.07, 6.45) is 5.40. The molecule has 3 nitrogen and oxygen atoms in total. The smallest absolute Gasteiger partial charge is 0.0705 e. The second kappa shape index (κ2) is 6.38. The molecule has 1 heterocycles. The molecule has 0 aromatic rings. The van der Waals surface area contributed by atoms with Crippen LogP contribution in [0.4, 0.5) is 0 Å². The van der Waals surface area contributed by atoms with Gasteiger partial charge in [-0.1, -0.05) is 6.42 Å². The first-order chi connectivity index (χ1) is 6.77. The molecule has 0 aliphatic carbocycles. The summed E-state index contributed by atoms with van der Waals surface area (Å²) in [5.41, 5.74) is 5.59. The third-order valence-corrected chi connectivity index (χ3v) is 3.28. The van der Waals surface area contributed by atoms with Crippen LogP contribution in [0, 0.1) is 0 Å². The Labute approximate surface area is 87.6 Å². The van der Waals surface area contributed by atoms with Gasteiger partial charge in [-0.25, -0.2) is 0 Å². The SMILES string of the molecule is COC(CN)CCN1CCCCC1C. The predicted molar refractivity (Wildman–Crippen MR) is 59.4 cm³/mol. The average Bonchev–Trinajstić information content (AvgIpc) is 2.22. The van der Waals surface area contributed by atoms with E-state index in [0.717, 1.165) is 19.0 Å². The molecule has 1 fully saturated rings. The van der Waals surface area contributed by atoms with Crippen molar-refractivity contribution in [3.63, 3.8) is 0 Å². The maximum Gasteiger partial charge on any atom is 0.0705 e. The quantitative estimate of drug-likeness (QED) is 0.725. The van der Waals surface area contributed by atoms with Gasteiger partial charge in [-0.15, -0.1) is 0 Å². The minimum atomic E-state index is 0.240. The molecule has 0 radical (unpaired) electrons. The van der Waals surface area contributed by atoms with Gasteiger partial charge in [-0.05, 0) is 32.7 Å². The number of hydrogen-bond acceptors (Lipinski definition) is 3. The molecule has 1 rings (SSSR count). The van der Waals surface area contributed by atoms with Crippen molar-refractivity contribution in [2.45, 2.75) is 44.8 Å². The Morgan fingerprint density at radius 3 is 2.86 bits per heavy atom. The minimum absolute atomic E-state index is 0.240. The van der Waals surface area contributed by atoms with Crippen molar-refractivity contribution < 1.29 is 4.74 Å². The first-order valence-corrected chi connectivity index (χ1v) is 5.74. The lowest BCUT2D eigenvalue weighted by Crippen LogP contribution is -2.40. The fraction of sp³-hybridized carbons (Fsp3) is 1.00. The zero-order chi connectivity index (χ0) is 10.4. The fourth-order valence-electron chi connectivity index (χ4n) is 2.13. The summed E-state index contributed by atoms with van der Waals surface area (Å²) in [6, 6.07) is 0.749. The van der Waals surface area contributed by atoms with Crippen LogP contribution in [0.2, 0.25) is 0 Å². The molecule has 2 N–H and O–H groups in total. The molecule has 2 unspecified atom stereocenters. The molecule has 0 aromatic heterocycles. The molecule has 1 aliphatic heterocycles. The molecule has 3 heteroatoms. The summed E-state index contributed by atoms with van der Waals surface area (Å²) in [7, 11) is 1.75. The van der Waals surface area contributed by atoms with Gasteiger partial charge >= 0.3 is 0 Å². The highest BCUT2D eigenvalue weighted by molar-refractivity contribution is 4.74. The van der Waals surface area contributed by atoms with E-state index in [1.54, 1.807) is 7.11 Å². The van der Waals surface area contributed by atoms with Crippen LogP contribution in [0.5, 0.6) is 0 Å². The van der Waals surface area contributed by atoms with Crippen LogP contribution in [-0.4, -0.2) is 43.8 Å². The van der Waals surface area contributed by atoms with Crippen LogP contribution in [0.25, 0.3) is 0 Å². The van der Waals surface area contributed by atoms with E-state index in [4.69, 9.17) is 10.5 Å². The van der Waals surface area contributed by atoms with E-state index in [-0.39, 0.29) is 6.10 Å². The van der Waals surface area contributed by atoms with Crippen molar-refractivity contribution in [2.24, 2.45) is 5.73 Å². The molecule has 0 saturated carbocycles. The lowest BCUT2D eigenvalue weighted by atomic mass is 10.0. The Morgan fingerprint density at radius 1 is 1.50 bits per heavy atom. The predicted octanol–water partition coefficient (Wildman–Crippen LogP) is 1.22. The van der Waals surface area contributed by atoms with Crippen molar-refractivity contribution in [1.29, 1.82) is 0 Å². The molecular weight excluding hydrogens is 176 g/mol. The standard InChI is InChI=1S/C11H24N2O/c1-10-5-3-4-7-13(10)8-6-11(9-12)14-2/h10-11H,3-9,12H2,1-2H3. The molecule has 0 bridgehead atoms. The Morgan fingerprint density at radius 2 is 2.29 bits per heavy atom. The van der Waals surface area contributed by atoms with Gasteiger partial charge in [0.2, 0.25) is 0 Å². The van der Waals surface area contributed by atoms with Gasteiger partial charge in [-0.3, -0.25) is 0 Å². The Bertz CT molecular complexity index is 148. The zero-order valence-electron chi connectivity index (χ0n) is 9.54. The van der Waals surface area contributed by atoms with Crippen LogP contribution in [0.3, 0.4) is 0 Å². The molecule has 0 amide bonds. The average molecular weight is 200 g/mol. The number of nitrogens with zero attached hydrogens (tertiary/aromatic N) is 1. The Kier molecular flexibility index (Phi) is 5.45. The Hall–Kier alpha value is -0.120. The molecule has 14 heavy (non-hydrogen) atoms. The monoisotopic (exact) mass is 200 g/mol. The van der Waals surface area contributed by atoms with Crippen LogP contribution in [0.15, 0.2) is 0 Å². The van der Waals surface area contributed by atoms with E-state index in [1.807, 2.05) is 0 Å². The minimum Gasteiger partial charge on any atom is -0.380 e. The molecule has 1 aliphatic rings. The number of hydrogen-bond donors (Lipinski definition) is 1. The number of ether oxygens (including phenoxy) is 1. The van der Waals surface area contributed by atoms with E-state index in [9.17, 15) is 0 Å². The van der Waals surface area contributed by atoms with Gasteiger partial charge in [0.1, 0.15) is 0 Å². The summed E-state index contributed by atoms with van der Waals surface area (Å²) >= 11 is 0. The van der Waals surface area contributed by atoms with Crippen LogP contribution >= 0.6 is 0 Å². The number of likely N-dealkylation sites (tertiary alicyclic amines) is 1. The van der Waals surface area contributed by atoms with Gasteiger partial charge in [0.05, 0.1) is 6.10 Å². The summed E-state index contributed by atoms with van der Waals surface area (Å²) < 4.78 is 5.27. The highest BCUT2D eigenvalue weighted by Crippen LogP contribution is 2.16. The molecule has 2 atom stereocenters. The van der Waals surface area contributed by atoms with Crippen molar-refractivity contribution in [1.82, 2.24) is 4.90 Å². The summed E-state index contributed by atoms with van der Waals surface area (Å²) in [6.45, 7) is 5.35. The van der Waals surface area contributed by atoms with E-state index < -0.39 is 0 Å². The largest absolute Gasteiger partial charge is 0.380 e. The number of nitrogens with two attached hydrogens (primary N) is 1. The van der Waals surface area contributed by atoms with Crippen molar-refractivity contribution in [3.8, 4) is 0 Å². The van der Waals surface area contributed by atoms with Crippen molar-refractivity contribution in [2.75, 3.05) is 26.7 Å². The van der Waals surface area contributed by atoms with Crippen molar-refractivity contribution >= 4 is 0 Å². The fourth-order valence-corrected chi connectivity index (χ4v) is 2.13. The van der Waals surface area contributed by atoms with E-state index in [1.165, 1.54) is 25.8 Å². The second-order valence-corrected chi connectivity index (χ2v) is 4.26. The molecule has 0 spiro atoms. The topological polar surface area (TPSA) is 38.5 Å². The first-order valence-electron chi connectivity index (χ1n) is 5.74. The second-order valence-electron chi connectivity index (χ2n) is 4.26. The summed E-state index contributed by atoms with van der Waals surface area (Å²) in [4.78, 5) is 2.56. The van der Waals surface area contributed by atoms with Gasteiger partial charge in [0.15, 0.2) is 0 Å². The zero-order valence-corrected chi connectivity index (χ0v) is 9.54. The number of piperidine rings is 1. The summed E-state index contributed by atoms with van der Waals surface area (Å²) in [5.74, 6) is 0. The van der Waals surface area contributed by atoms with Crippen LogP contribution < -0.4 is 5.73 Å². The third kappa shape index (κ3) is 3.56. The van der Waals surface area contributed by atoms with Gasteiger partial charge < -0.3 is 15.4 Å². The van der Waals surface area contributed by atoms with E-state index in [2.05, 4.69) is 11.8 Å². The van der Waals surface area contributed by atoms with E-state index in [0.29, 0.717) is 6.54 Å². The normalized spacial score (nSPS) is 26.4. The maximum atomic E-state index is 5.59. The highest BCUT2D eigenvalue weighted by Gasteiger charge is 2.18. The lowest BCUT2D eigenvalue weighted by molar-refractivity contribution is 0.0757. The van der Waals surface area contributed by atoms with Gasteiger partial charge in [-0.2, -0.15) is 0 Å². The van der Waals surface area contributed by atoms with Crippen LogP contribution in [0.1, 0.15) is 32.6 Å². The van der Waals surface area contributed by atoms with Crippen LogP contribution in [-0.2, 0) is 4.74 Å². The van der Waals surface area contributed by atoms with Gasteiger partial charge in [0.25, 0.3) is 0 Å². The molecule has 0 aromatic carbocycles. The number of methoxy groups -OCH3 is 1. The molecule has 84 valence electrons. The highest BCUT2D eigenvalue weighted by atomic mass is 16.5.